The van der Waals surface area contributed by atoms with Crippen molar-refractivity contribution in [3.05, 3.63) is 35.3 Å². The SMILES string of the molecule is C/C=C(\C)C(=O)OC[C@H]1CCCN(C(=O)c2ccc(C)o2)C1. The maximum atomic E-state index is 12.4. The number of likely N-dealkylation sites (tertiary alicyclic amines) is 1. The highest BCUT2D eigenvalue weighted by molar-refractivity contribution is 5.91. The zero-order valence-corrected chi connectivity index (χ0v) is 13.4. The number of rotatable bonds is 4. The van der Waals surface area contributed by atoms with Crippen LogP contribution in [0.1, 0.15) is 43.0 Å². The van der Waals surface area contributed by atoms with Gasteiger partial charge in [0.25, 0.3) is 5.91 Å². The molecule has 0 spiro atoms. The Balaban J connectivity index is 1.89. The third kappa shape index (κ3) is 4.00. The zero-order valence-electron chi connectivity index (χ0n) is 13.4. The van der Waals surface area contributed by atoms with Gasteiger partial charge < -0.3 is 14.1 Å². The van der Waals surface area contributed by atoms with Gasteiger partial charge >= 0.3 is 5.97 Å². The fourth-order valence-corrected chi connectivity index (χ4v) is 2.52. The van der Waals surface area contributed by atoms with Gasteiger partial charge in [-0.1, -0.05) is 6.08 Å². The van der Waals surface area contributed by atoms with E-state index in [1.807, 2.05) is 13.8 Å². The lowest BCUT2D eigenvalue weighted by molar-refractivity contribution is -0.140. The summed E-state index contributed by atoms with van der Waals surface area (Å²) in [5.41, 5.74) is 0.606. The van der Waals surface area contributed by atoms with Gasteiger partial charge in [-0.25, -0.2) is 4.79 Å². The molecule has 1 saturated heterocycles. The maximum Gasteiger partial charge on any atom is 0.333 e. The largest absolute Gasteiger partial charge is 0.462 e. The minimum absolute atomic E-state index is 0.0891. The lowest BCUT2D eigenvalue weighted by atomic mass is 9.99. The van der Waals surface area contributed by atoms with E-state index in [1.165, 1.54) is 0 Å². The second-order valence-electron chi connectivity index (χ2n) is 5.74. The molecule has 22 heavy (non-hydrogen) atoms. The highest BCUT2D eigenvalue weighted by atomic mass is 16.5. The second-order valence-corrected chi connectivity index (χ2v) is 5.74. The summed E-state index contributed by atoms with van der Waals surface area (Å²) < 4.78 is 10.7. The van der Waals surface area contributed by atoms with Crippen molar-refractivity contribution in [3.8, 4) is 0 Å². The number of carbonyl (C=O) groups excluding carboxylic acids is 2. The van der Waals surface area contributed by atoms with Crippen LogP contribution in [-0.2, 0) is 9.53 Å². The summed E-state index contributed by atoms with van der Waals surface area (Å²) in [6.07, 6.45) is 3.61. The molecule has 0 aliphatic carbocycles. The Morgan fingerprint density at radius 1 is 1.45 bits per heavy atom. The number of nitrogens with zero attached hydrogens (tertiary/aromatic N) is 1. The van der Waals surface area contributed by atoms with Crippen LogP contribution in [0.25, 0.3) is 0 Å². The molecular formula is C17H23NO4. The van der Waals surface area contributed by atoms with Gasteiger partial charge in [0.1, 0.15) is 5.76 Å². The van der Waals surface area contributed by atoms with Crippen molar-refractivity contribution in [3.63, 3.8) is 0 Å². The van der Waals surface area contributed by atoms with Crippen molar-refractivity contribution >= 4 is 11.9 Å². The minimum atomic E-state index is -0.285. The Labute approximate surface area is 130 Å². The van der Waals surface area contributed by atoms with Gasteiger partial charge in [0.2, 0.25) is 0 Å². The number of ether oxygens (including phenoxy) is 1. The van der Waals surface area contributed by atoms with Gasteiger partial charge in [0.05, 0.1) is 6.61 Å². The van der Waals surface area contributed by atoms with Gasteiger partial charge in [-0.2, -0.15) is 0 Å². The molecule has 0 aromatic carbocycles. The lowest BCUT2D eigenvalue weighted by Crippen LogP contribution is -2.41. The Hall–Kier alpha value is -2.04. The fraction of sp³-hybridized carbons (Fsp3) is 0.529. The van der Waals surface area contributed by atoms with Gasteiger partial charge in [-0.3, -0.25) is 4.79 Å². The molecule has 0 bridgehead atoms. The number of allylic oxidation sites excluding steroid dienone is 1. The van der Waals surface area contributed by atoms with E-state index in [1.54, 1.807) is 30.0 Å². The molecule has 1 aromatic rings. The van der Waals surface area contributed by atoms with Crippen LogP contribution in [-0.4, -0.2) is 36.5 Å². The molecule has 0 saturated carbocycles. The molecule has 0 N–H and O–H groups in total. The molecule has 0 radical (unpaired) electrons. The van der Waals surface area contributed by atoms with E-state index >= 15 is 0 Å². The molecule has 120 valence electrons. The molecular weight excluding hydrogens is 282 g/mol. The van der Waals surface area contributed by atoms with Crippen LogP contribution in [0.4, 0.5) is 0 Å². The summed E-state index contributed by atoms with van der Waals surface area (Å²) in [5.74, 6) is 0.913. The number of amides is 1. The minimum Gasteiger partial charge on any atom is -0.462 e. The number of furan rings is 1. The summed E-state index contributed by atoms with van der Waals surface area (Å²) in [5, 5.41) is 0. The van der Waals surface area contributed by atoms with Crippen molar-refractivity contribution < 1.29 is 18.7 Å². The number of carbonyl (C=O) groups is 2. The number of hydrogen-bond donors (Lipinski definition) is 0. The van der Waals surface area contributed by atoms with Crippen molar-refractivity contribution in [2.24, 2.45) is 5.92 Å². The molecule has 1 aromatic heterocycles. The van der Waals surface area contributed by atoms with Gasteiger partial charge in [-0.15, -0.1) is 0 Å². The molecule has 5 heteroatoms. The predicted octanol–water partition coefficient (Wildman–Crippen LogP) is 2.95. The number of piperidine rings is 1. The van der Waals surface area contributed by atoms with Crippen LogP contribution < -0.4 is 0 Å². The third-order valence-electron chi connectivity index (χ3n) is 3.96. The highest BCUT2D eigenvalue weighted by Gasteiger charge is 2.27. The first-order valence-electron chi connectivity index (χ1n) is 7.67. The number of aryl methyl sites for hydroxylation is 1. The second kappa shape index (κ2) is 7.29. The first-order valence-corrected chi connectivity index (χ1v) is 7.67. The fourth-order valence-electron chi connectivity index (χ4n) is 2.52. The predicted molar refractivity (Wildman–Crippen MR) is 82.5 cm³/mol. The van der Waals surface area contributed by atoms with Crippen LogP contribution >= 0.6 is 0 Å². The summed E-state index contributed by atoms with van der Waals surface area (Å²) in [4.78, 5) is 25.8. The third-order valence-corrected chi connectivity index (χ3v) is 3.96. The molecule has 0 unspecified atom stereocenters. The summed E-state index contributed by atoms with van der Waals surface area (Å²) in [7, 11) is 0. The van der Waals surface area contributed by atoms with E-state index in [2.05, 4.69) is 0 Å². The molecule has 1 fully saturated rings. The smallest absolute Gasteiger partial charge is 0.333 e. The summed E-state index contributed by atoms with van der Waals surface area (Å²) in [6.45, 7) is 7.03. The Kier molecular flexibility index (Phi) is 5.41. The van der Waals surface area contributed by atoms with Crippen LogP contribution in [0.5, 0.6) is 0 Å². The highest BCUT2D eigenvalue weighted by Crippen LogP contribution is 2.20. The molecule has 1 aliphatic rings. The van der Waals surface area contributed by atoms with Crippen LogP contribution in [0, 0.1) is 12.8 Å². The molecule has 5 nitrogen and oxygen atoms in total. The maximum absolute atomic E-state index is 12.4. The van der Waals surface area contributed by atoms with E-state index in [0.717, 1.165) is 25.1 Å². The molecule has 1 aliphatic heterocycles. The average Bonchev–Trinajstić information content (AvgIpc) is 2.97. The van der Waals surface area contributed by atoms with Crippen molar-refractivity contribution in [2.45, 2.75) is 33.6 Å². The Morgan fingerprint density at radius 3 is 2.86 bits per heavy atom. The van der Waals surface area contributed by atoms with Gasteiger partial charge in [0.15, 0.2) is 5.76 Å². The van der Waals surface area contributed by atoms with E-state index in [0.29, 0.717) is 24.5 Å². The number of esters is 1. The average molecular weight is 305 g/mol. The van der Waals surface area contributed by atoms with E-state index in [9.17, 15) is 9.59 Å². The molecule has 2 rings (SSSR count). The molecule has 1 atom stereocenters. The van der Waals surface area contributed by atoms with Gasteiger partial charge in [0, 0.05) is 24.6 Å². The normalized spacial score (nSPS) is 19.1. The quantitative estimate of drug-likeness (QED) is 0.634. The monoisotopic (exact) mass is 305 g/mol. The van der Waals surface area contributed by atoms with E-state index < -0.39 is 0 Å². The van der Waals surface area contributed by atoms with Crippen molar-refractivity contribution in [1.29, 1.82) is 0 Å². The first kappa shape index (κ1) is 16.3. The van der Waals surface area contributed by atoms with Crippen LogP contribution in [0.2, 0.25) is 0 Å². The van der Waals surface area contributed by atoms with Crippen molar-refractivity contribution in [2.75, 3.05) is 19.7 Å². The van der Waals surface area contributed by atoms with Crippen molar-refractivity contribution in [1.82, 2.24) is 4.90 Å². The summed E-state index contributed by atoms with van der Waals surface area (Å²) in [6, 6.07) is 3.49. The van der Waals surface area contributed by atoms with Crippen LogP contribution in [0.15, 0.2) is 28.2 Å². The zero-order chi connectivity index (χ0) is 16.1. The van der Waals surface area contributed by atoms with E-state index in [-0.39, 0.29) is 17.8 Å². The standard InChI is InChI=1S/C17H23NO4/c1-4-12(2)17(20)21-11-14-6-5-9-18(10-14)16(19)15-8-7-13(3)22-15/h4,7-8,14H,5-6,9-11H2,1-3H3/b12-4+/t14-/m0/s1. The first-order chi connectivity index (χ1) is 10.5. The molecule has 1 amide bonds. The molecule has 2 heterocycles. The lowest BCUT2D eigenvalue weighted by Gasteiger charge is -2.31. The Bertz CT molecular complexity index is 573. The van der Waals surface area contributed by atoms with Gasteiger partial charge in [-0.05, 0) is 45.7 Å². The number of hydrogen-bond acceptors (Lipinski definition) is 4. The topological polar surface area (TPSA) is 59.8 Å². The summed E-state index contributed by atoms with van der Waals surface area (Å²) >= 11 is 0. The Morgan fingerprint density at radius 2 is 2.23 bits per heavy atom. The van der Waals surface area contributed by atoms with E-state index in [4.69, 9.17) is 9.15 Å². The van der Waals surface area contributed by atoms with Crippen LogP contribution in [0.3, 0.4) is 0 Å².